The van der Waals surface area contributed by atoms with Gasteiger partial charge in [0.1, 0.15) is 6.10 Å². The third kappa shape index (κ3) is 2.71. The molecule has 3 heterocycles. The van der Waals surface area contributed by atoms with Gasteiger partial charge in [-0.2, -0.15) is 0 Å². The number of aliphatic hydroxyl groups is 1. The molecule has 34 heavy (non-hydrogen) atoms. The first kappa shape index (κ1) is 21.6. The van der Waals surface area contributed by atoms with E-state index < -0.39 is 17.1 Å². The standard InChI is InChI=1S/C27H31N3O4/c1-3-13-30-14-11-26-23-17-7-8-20(31)24(23)34-25(26)19(9-10-27(26,33)21(30)15-17)29(2)22(32)16-18-6-4-5-12-28-18/h3-8,12,19,21,25,31,33H,1,9-11,13-16H2,2H3/t19-,21-,25+,26+,27-/m1/s1. The Morgan fingerprint density at radius 1 is 1.35 bits per heavy atom. The van der Waals surface area contributed by atoms with Crippen molar-refractivity contribution in [1.29, 1.82) is 0 Å². The number of piperidine rings is 1. The Bertz CT molecular complexity index is 1150. The molecule has 7 heteroatoms. The molecule has 7 nitrogen and oxygen atoms in total. The summed E-state index contributed by atoms with van der Waals surface area (Å²) in [4.78, 5) is 21.7. The number of nitrogens with zero attached hydrogens (tertiary/aromatic N) is 3. The summed E-state index contributed by atoms with van der Waals surface area (Å²) in [5, 5.41) is 23.2. The third-order valence-electron chi connectivity index (χ3n) is 8.85. The van der Waals surface area contributed by atoms with E-state index >= 15 is 0 Å². The summed E-state index contributed by atoms with van der Waals surface area (Å²) in [6, 6.07) is 9.00. The lowest BCUT2D eigenvalue weighted by Gasteiger charge is -2.64. The number of pyridine rings is 1. The third-order valence-corrected chi connectivity index (χ3v) is 8.85. The summed E-state index contributed by atoms with van der Waals surface area (Å²) in [6.45, 7) is 5.46. The first-order valence-corrected chi connectivity index (χ1v) is 12.2. The molecule has 5 atom stereocenters. The number of aromatic nitrogens is 1. The highest BCUT2D eigenvalue weighted by Gasteiger charge is 2.73. The molecule has 2 aliphatic carbocycles. The van der Waals surface area contributed by atoms with Crippen molar-refractivity contribution in [2.75, 3.05) is 20.1 Å². The Morgan fingerprint density at radius 2 is 2.21 bits per heavy atom. The number of benzene rings is 1. The summed E-state index contributed by atoms with van der Waals surface area (Å²) < 4.78 is 6.55. The fraction of sp³-hybridized carbons (Fsp3) is 0.481. The highest BCUT2D eigenvalue weighted by molar-refractivity contribution is 5.78. The zero-order valence-corrected chi connectivity index (χ0v) is 19.5. The van der Waals surface area contributed by atoms with E-state index in [0.29, 0.717) is 31.4 Å². The van der Waals surface area contributed by atoms with Crippen LogP contribution in [0.15, 0.2) is 49.2 Å². The minimum absolute atomic E-state index is 0.0222. The summed E-state index contributed by atoms with van der Waals surface area (Å²) in [5.41, 5.74) is 1.17. The number of amides is 1. The molecule has 4 aliphatic rings. The van der Waals surface area contributed by atoms with Gasteiger partial charge in [0.15, 0.2) is 11.5 Å². The SMILES string of the molecule is C=CCN1CC[C@]23c4c5ccc(O)c4O[C@H]2[C@H](N(C)C(=O)Cc2ccccn2)CC[C@@]3(O)[C@H]1C5. The molecule has 1 saturated heterocycles. The van der Waals surface area contributed by atoms with Crippen molar-refractivity contribution in [3.63, 3.8) is 0 Å². The van der Waals surface area contributed by atoms with Gasteiger partial charge >= 0.3 is 0 Å². The van der Waals surface area contributed by atoms with Crippen LogP contribution in [0.4, 0.5) is 0 Å². The maximum atomic E-state index is 13.3. The number of hydrogen-bond acceptors (Lipinski definition) is 6. The molecular weight excluding hydrogens is 430 g/mol. The van der Waals surface area contributed by atoms with Gasteiger partial charge in [0.25, 0.3) is 0 Å². The lowest BCUT2D eigenvalue weighted by atomic mass is 9.48. The van der Waals surface area contributed by atoms with Crippen molar-refractivity contribution < 1.29 is 19.7 Å². The van der Waals surface area contributed by atoms with E-state index in [1.807, 2.05) is 37.4 Å². The van der Waals surface area contributed by atoms with Crippen LogP contribution < -0.4 is 4.74 Å². The number of rotatable bonds is 5. The van der Waals surface area contributed by atoms with Crippen LogP contribution in [0.2, 0.25) is 0 Å². The molecule has 2 N–H and O–H groups in total. The van der Waals surface area contributed by atoms with E-state index in [1.54, 1.807) is 17.2 Å². The average molecular weight is 462 g/mol. The second kappa shape index (κ2) is 7.55. The fourth-order valence-corrected chi connectivity index (χ4v) is 7.35. The van der Waals surface area contributed by atoms with Crippen LogP contribution in [0.1, 0.15) is 36.1 Å². The summed E-state index contributed by atoms with van der Waals surface area (Å²) in [6.07, 6.45) is 6.03. The number of likely N-dealkylation sites (N-methyl/N-ethyl adjacent to an activating group) is 1. The minimum Gasteiger partial charge on any atom is -0.504 e. The number of aromatic hydroxyl groups is 1. The van der Waals surface area contributed by atoms with Crippen LogP contribution in [0, 0.1) is 0 Å². The molecule has 0 radical (unpaired) electrons. The van der Waals surface area contributed by atoms with E-state index in [-0.39, 0.29) is 30.2 Å². The summed E-state index contributed by atoms with van der Waals surface area (Å²) in [7, 11) is 1.83. The quantitative estimate of drug-likeness (QED) is 0.664. The van der Waals surface area contributed by atoms with Crippen molar-refractivity contribution in [1.82, 2.24) is 14.8 Å². The van der Waals surface area contributed by atoms with Gasteiger partial charge in [-0.1, -0.05) is 18.2 Å². The number of carbonyl (C=O) groups is 1. The molecule has 1 spiro atoms. The Hall–Kier alpha value is -2.90. The molecule has 2 fully saturated rings. The van der Waals surface area contributed by atoms with Crippen LogP contribution in [0.25, 0.3) is 0 Å². The summed E-state index contributed by atoms with van der Waals surface area (Å²) in [5.74, 6) is 0.582. The number of likely N-dealkylation sites (tertiary alicyclic amines) is 1. The molecular formula is C27H31N3O4. The zero-order valence-electron chi connectivity index (χ0n) is 19.5. The van der Waals surface area contributed by atoms with Crippen LogP contribution in [-0.2, 0) is 23.1 Å². The Kier molecular flexibility index (Phi) is 4.80. The molecule has 1 amide bonds. The second-order valence-corrected chi connectivity index (χ2v) is 10.2. The van der Waals surface area contributed by atoms with Gasteiger partial charge in [0, 0.05) is 37.1 Å². The largest absolute Gasteiger partial charge is 0.504 e. The van der Waals surface area contributed by atoms with Crippen molar-refractivity contribution in [2.24, 2.45) is 0 Å². The molecule has 1 saturated carbocycles. The number of phenols is 1. The highest BCUT2D eigenvalue weighted by Crippen LogP contribution is 2.65. The van der Waals surface area contributed by atoms with Crippen LogP contribution >= 0.6 is 0 Å². The molecule has 1 aromatic heterocycles. The minimum atomic E-state index is -0.994. The van der Waals surface area contributed by atoms with Gasteiger partial charge in [-0.25, -0.2) is 0 Å². The molecule has 2 aliphatic heterocycles. The van der Waals surface area contributed by atoms with Crippen molar-refractivity contribution in [2.45, 2.75) is 61.3 Å². The fourth-order valence-electron chi connectivity index (χ4n) is 7.35. The number of phenolic OH excluding ortho intramolecular Hbond substituents is 1. The van der Waals surface area contributed by atoms with E-state index in [9.17, 15) is 15.0 Å². The normalized spacial score (nSPS) is 33.1. The molecule has 2 aromatic rings. The van der Waals surface area contributed by atoms with Gasteiger partial charge in [-0.3, -0.25) is 14.7 Å². The molecule has 2 bridgehead atoms. The van der Waals surface area contributed by atoms with Crippen molar-refractivity contribution in [3.05, 3.63) is 66.0 Å². The monoisotopic (exact) mass is 461 g/mol. The van der Waals surface area contributed by atoms with Gasteiger partial charge < -0.3 is 19.8 Å². The summed E-state index contributed by atoms with van der Waals surface area (Å²) >= 11 is 0. The Balaban J connectivity index is 1.41. The predicted molar refractivity (Wildman–Crippen MR) is 127 cm³/mol. The zero-order chi connectivity index (χ0) is 23.7. The Morgan fingerprint density at radius 3 is 2.97 bits per heavy atom. The molecule has 6 rings (SSSR count). The Labute approximate surface area is 199 Å². The smallest absolute Gasteiger partial charge is 0.228 e. The molecule has 0 unspecified atom stereocenters. The van der Waals surface area contributed by atoms with E-state index in [1.165, 1.54) is 0 Å². The van der Waals surface area contributed by atoms with Crippen LogP contribution in [0.3, 0.4) is 0 Å². The van der Waals surface area contributed by atoms with Crippen molar-refractivity contribution >= 4 is 5.91 Å². The first-order valence-electron chi connectivity index (χ1n) is 12.2. The lowest BCUT2D eigenvalue weighted by molar-refractivity contribution is -0.198. The lowest BCUT2D eigenvalue weighted by Crippen LogP contribution is -2.78. The number of hydrogen-bond donors (Lipinski definition) is 2. The molecule has 1 aromatic carbocycles. The van der Waals surface area contributed by atoms with Crippen LogP contribution in [0.5, 0.6) is 11.5 Å². The maximum absolute atomic E-state index is 13.3. The number of ether oxygens (including phenoxy) is 1. The molecule has 178 valence electrons. The van der Waals surface area contributed by atoms with E-state index in [2.05, 4.69) is 16.5 Å². The van der Waals surface area contributed by atoms with Gasteiger partial charge in [-0.05, 0) is 56.0 Å². The second-order valence-electron chi connectivity index (χ2n) is 10.2. The maximum Gasteiger partial charge on any atom is 0.228 e. The number of carbonyl (C=O) groups excluding carboxylic acids is 1. The van der Waals surface area contributed by atoms with Crippen molar-refractivity contribution in [3.8, 4) is 11.5 Å². The van der Waals surface area contributed by atoms with E-state index in [0.717, 1.165) is 29.9 Å². The first-order chi connectivity index (χ1) is 16.4. The predicted octanol–water partition coefficient (Wildman–Crippen LogP) is 2.20. The average Bonchev–Trinajstić information content (AvgIpc) is 3.18. The topological polar surface area (TPSA) is 86.1 Å². The van der Waals surface area contributed by atoms with Gasteiger partial charge in [-0.15, -0.1) is 6.58 Å². The van der Waals surface area contributed by atoms with Crippen LogP contribution in [-0.4, -0.2) is 74.8 Å². The van der Waals surface area contributed by atoms with E-state index in [4.69, 9.17) is 4.74 Å². The van der Waals surface area contributed by atoms with Gasteiger partial charge in [0.2, 0.25) is 5.91 Å². The van der Waals surface area contributed by atoms with Gasteiger partial charge in [0.05, 0.1) is 23.5 Å². The highest BCUT2D eigenvalue weighted by atomic mass is 16.5.